The first-order chi connectivity index (χ1) is 12.6. The van der Waals surface area contributed by atoms with Crippen molar-refractivity contribution in [3.63, 3.8) is 0 Å². The van der Waals surface area contributed by atoms with Crippen LogP contribution in [0.4, 0.5) is 13.2 Å². The Morgan fingerprint density at radius 3 is 2.59 bits per heavy atom. The summed E-state index contributed by atoms with van der Waals surface area (Å²) >= 11 is 0. The zero-order valence-electron chi connectivity index (χ0n) is 16.0. The molecule has 150 valence electrons. The van der Waals surface area contributed by atoms with Gasteiger partial charge in [0.1, 0.15) is 0 Å². The highest BCUT2D eigenvalue weighted by Crippen LogP contribution is 2.29. The molecule has 27 heavy (non-hydrogen) atoms. The Hall–Kier alpha value is -2.51. The molecule has 0 fully saturated rings. The minimum atomic E-state index is -4.39. The predicted molar refractivity (Wildman–Crippen MR) is 101 cm³/mol. The number of carbonyl (C=O) groups excluding carboxylic acids is 1. The van der Waals surface area contributed by atoms with Gasteiger partial charge in [-0.3, -0.25) is 4.79 Å². The van der Waals surface area contributed by atoms with Crippen LogP contribution in [0, 0.1) is 0 Å². The maximum atomic E-state index is 12.8. The summed E-state index contributed by atoms with van der Waals surface area (Å²) in [5.41, 5.74) is -0.255. The van der Waals surface area contributed by atoms with Crippen molar-refractivity contribution in [2.45, 2.75) is 25.6 Å². The zero-order chi connectivity index (χ0) is 20.4. The molecule has 0 heterocycles. The van der Waals surface area contributed by atoms with Crippen LogP contribution < -0.4 is 5.32 Å². The summed E-state index contributed by atoms with van der Waals surface area (Å²) < 4.78 is 38.5. The summed E-state index contributed by atoms with van der Waals surface area (Å²) in [6, 6.07) is 5.08. The van der Waals surface area contributed by atoms with Gasteiger partial charge in [0.2, 0.25) is 5.91 Å². The van der Waals surface area contributed by atoms with Crippen molar-refractivity contribution >= 4 is 11.9 Å². The van der Waals surface area contributed by atoms with Gasteiger partial charge in [-0.1, -0.05) is 18.2 Å². The number of allylic oxidation sites excluding steroid dienone is 1. The summed E-state index contributed by atoms with van der Waals surface area (Å²) in [5, 5.41) is 2.98. The van der Waals surface area contributed by atoms with Crippen LogP contribution in [0.25, 0.3) is 0 Å². The Balaban J connectivity index is 2.89. The number of unbranched alkanes of at least 4 members (excludes halogenated alkanes) is 1. The van der Waals surface area contributed by atoms with Crippen molar-refractivity contribution < 1.29 is 18.0 Å². The minimum Gasteiger partial charge on any atom is -0.347 e. The fraction of sp³-hybridized carbons (Fsp3) is 0.474. The van der Waals surface area contributed by atoms with Crippen LogP contribution in [0.2, 0.25) is 0 Å². The Morgan fingerprint density at radius 2 is 2.00 bits per heavy atom. The fourth-order valence-corrected chi connectivity index (χ4v) is 2.22. The molecular weight excluding hydrogens is 357 g/mol. The lowest BCUT2D eigenvalue weighted by Crippen LogP contribution is -2.44. The molecule has 1 aromatic rings. The molecule has 1 amide bonds. The van der Waals surface area contributed by atoms with Gasteiger partial charge in [0.05, 0.1) is 18.7 Å². The smallest absolute Gasteiger partial charge is 0.347 e. The van der Waals surface area contributed by atoms with Gasteiger partial charge in [-0.15, -0.1) is 6.58 Å². The molecule has 0 aliphatic heterocycles. The number of nitrogens with one attached hydrogen (secondary N) is 1. The third kappa shape index (κ3) is 8.15. The number of guanidine groups is 1. The standard InChI is InChI=1S/C19H27F3N4O/c1-5-6-7-11-26(4)18(24-14-17(27)25(2)3)23-13-15-9-8-10-16(12-15)19(20,21)22/h5,8-10,12H,1,6-7,11,13-14H2,2-4H3,(H,23,24). The monoisotopic (exact) mass is 384 g/mol. The van der Waals surface area contributed by atoms with E-state index in [9.17, 15) is 18.0 Å². The molecule has 0 bridgehead atoms. The highest BCUT2D eigenvalue weighted by atomic mass is 19.4. The first kappa shape index (κ1) is 22.5. The molecule has 5 nitrogen and oxygen atoms in total. The second-order valence-electron chi connectivity index (χ2n) is 6.33. The van der Waals surface area contributed by atoms with E-state index in [1.165, 1.54) is 11.0 Å². The summed E-state index contributed by atoms with van der Waals surface area (Å²) in [7, 11) is 5.12. The molecule has 0 aliphatic rings. The van der Waals surface area contributed by atoms with E-state index in [4.69, 9.17) is 0 Å². The van der Waals surface area contributed by atoms with Crippen LogP contribution in [0.15, 0.2) is 41.9 Å². The largest absolute Gasteiger partial charge is 0.416 e. The van der Waals surface area contributed by atoms with Crippen molar-refractivity contribution in [3.05, 3.63) is 48.0 Å². The van der Waals surface area contributed by atoms with E-state index >= 15 is 0 Å². The van der Waals surface area contributed by atoms with E-state index < -0.39 is 11.7 Å². The molecule has 1 N–H and O–H groups in total. The van der Waals surface area contributed by atoms with Crippen molar-refractivity contribution in [3.8, 4) is 0 Å². The zero-order valence-corrected chi connectivity index (χ0v) is 16.0. The van der Waals surface area contributed by atoms with Crippen LogP contribution >= 0.6 is 0 Å². The maximum Gasteiger partial charge on any atom is 0.416 e. The third-order valence-electron chi connectivity index (χ3n) is 3.83. The maximum absolute atomic E-state index is 12.8. The Kier molecular flexibility index (Phi) is 8.84. The van der Waals surface area contributed by atoms with E-state index in [1.807, 2.05) is 18.0 Å². The SMILES string of the molecule is C=CCCCN(C)C(=NCc1cccc(C(F)(F)F)c1)NCC(=O)N(C)C. The second kappa shape index (κ2) is 10.6. The Morgan fingerprint density at radius 1 is 1.30 bits per heavy atom. The fourth-order valence-electron chi connectivity index (χ4n) is 2.22. The highest BCUT2D eigenvalue weighted by molar-refractivity contribution is 5.86. The second-order valence-corrected chi connectivity index (χ2v) is 6.33. The molecule has 0 aliphatic carbocycles. The molecule has 0 spiro atoms. The van der Waals surface area contributed by atoms with Gasteiger partial charge < -0.3 is 15.1 Å². The topological polar surface area (TPSA) is 47.9 Å². The van der Waals surface area contributed by atoms with Crippen LogP contribution in [-0.2, 0) is 17.5 Å². The number of hydrogen-bond donors (Lipinski definition) is 1. The molecule has 0 atom stereocenters. The van der Waals surface area contributed by atoms with E-state index in [0.29, 0.717) is 18.1 Å². The van der Waals surface area contributed by atoms with Gasteiger partial charge in [0.25, 0.3) is 0 Å². The number of halogens is 3. The number of hydrogen-bond acceptors (Lipinski definition) is 2. The number of likely N-dealkylation sites (N-methyl/N-ethyl adjacent to an activating group) is 1. The van der Waals surface area contributed by atoms with E-state index in [2.05, 4.69) is 16.9 Å². The minimum absolute atomic E-state index is 0.0558. The number of aliphatic imine (C=N–C) groups is 1. The molecule has 8 heteroatoms. The van der Waals surface area contributed by atoms with E-state index in [-0.39, 0.29) is 19.0 Å². The summed E-state index contributed by atoms with van der Waals surface area (Å²) in [6.45, 7) is 4.49. The van der Waals surface area contributed by atoms with Gasteiger partial charge in [0, 0.05) is 27.7 Å². The van der Waals surface area contributed by atoms with Crippen LogP contribution in [0.1, 0.15) is 24.0 Å². The predicted octanol–water partition coefficient (Wildman–Crippen LogP) is 3.14. The number of carbonyl (C=O) groups is 1. The van der Waals surface area contributed by atoms with Crippen molar-refractivity contribution in [1.82, 2.24) is 15.1 Å². The summed E-state index contributed by atoms with van der Waals surface area (Å²) in [4.78, 5) is 19.5. The van der Waals surface area contributed by atoms with Gasteiger partial charge in [-0.2, -0.15) is 13.2 Å². The van der Waals surface area contributed by atoms with Crippen LogP contribution in [-0.4, -0.2) is 55.9 Å². The number of nitrogens with zero attached hydrogens (tertiary/aromatic N) is 3. The quantitative estimate of drug-likeness (QED) is 0.324. The molecule has 0 radical (unpaired) electrons. The first-order valence-corrected chi connectivity index (χ1v) is 8.61. The van der Waals surface area contributed by atoms with Gasteiger partial charge in [-0.05, 0) is 30.5 Å². The van der Waals surface area contributed by atoms with E-state index in [1.54, 1.807) is 20.2 Å². The summed E-state index contributed by atoms with van der Waals surface area (Å²) in [6.07, 6.45) is -0.884. The lowest BCUT2D eigenvalue weighted by atomic mass is 10.1. The third-order valence-corrected chi connectivity index (χ3v) is 3.83. The van der Waals surface area contributed by atoms with Gasteiger partial charge in [0.15, 0.2) is 5.96 Å². The van der Waals surface area contributed by atoms with Crippen molar-refractivity contribution in [2.24, 2.45) is 4.99 Å². The lowest BCUT2D eigenvalue weighted by molar-refractivity contribution is -0.137. The van der Waals surface area contributed by atoms with Crippen molar-refractivity contribution in [1.29, 1.82) is 0 Å². The average molecular weight is 384 g/mol. The average Bonchev–Trinajstić information content (AvgIpc) is 2.61. The molecular formula is C19H27F3N4O. The van der Waals surface area contributed by atoms with E-state index in [0.717, 1.165) is 25.0 Å². The number of amides is 1. The normalized spacial score (nSPS) is 11.9. The summed E-state index contributed by atoms with van der Waals surface area (Å²) in [5.74, 6) is 0.341. The van der Waals surface area contributed by atoms with Gasteiger partial charge in [-0.25, -0.2) is 4.99 Å². The molecule has 1 aromatic carbocycles. The van der Waals surface area contributed by atoms with Crippen LogP contribution in [0.5, 0.6) is 0 Å². The molecule has 1 rings (SSSR count). The lowest BCUT2D eigenvalue weighted by Gasteiger charge is -2.23. The Bertz CT molecular complexity index is 657. The molecule has 0 saturated heterocycles. The highest BCUT2D eigenvalue weighted by Gasteiger charge is 2.30. The number of benzene rings is 1. The van der Waals surface area contributed by atoms with Crippen molar-refractivity contribution in [2.75, 3.05) is 34.2 Å². The molecule has 0 saturated carbocycles. The first-order valence-electron chi connectivity index (χ1n) is 8.61. The van der Waals surface area contributed by atoms with Crippen LogP contribution in [0.3, 0.4) is 0 Å². The molecule has 0 unspecified atom stereocenters. The Labute approximate surface area is 158 Å². The number of alkyl halides is 3. The van der Waals surface area contributed by atoms with Gasteiger partial charge >= 0.3 is 6.18 Å². The number of rotatable bonds is 8. The molecule has 0 aromatic heterocycles.